The topological polar surface area (TPSA) is 75.0 Å². The summed E-state index contributed by atoms with van der Waals surface area (Å²) in [6.07, 6.45) is 3.83. The van der Waals surface area contributed by atoms with E-state index in [9.17, 15) is 0 Å². The molecule has 7 heteroatoms. The first-order chi connectivity index (χ1) is 12.3. The van der Waals surface area contributed by atoms with Crippen LogP contribution in [0.2, 0.25) is 0 Å². The van der Waals surface area contributed by atoms with Crippen molar-refractivity contribution < 1.29 is 0 Å². The summed E-state index contributed by atoms with van der Waals surface area (Å²) in [5.41, 5.74) is 3.10. The fourth-order valence-electron chi connectivity index (χ4n) is 3.71. The molecule has 7 nitrogen and oxygen atoms in total. The molecule has 4 aromatic rings. The molecule has 1 N–H and O–H groups in total. The lowest BCUT2D eigenvalue weighted by molar-refractivity contribution is 0.489. The number of hydrogen-bond donors (Lipinski definition) is 1. The van der Waals surface area contributed by atoms with Crippen molar-refractivity contribution in [3.63, 3.8) is 0 Å². The molecule has 1 saturated heterocycles. The van der Waals surface area contributed by atoms with E-state index in [1.54, 1.807) is 6.33 Å². The molecule has 3 aromatic heterocycles. The number of piperidine rings is 1. The van der Waals surface area contributed by atoms with Crippen molar-refractivity contribution in [1.29, 1.82) is 0 Å². The molecule has 0 aliphatic carbocycles. The molecule has 25 heavy (non-hydrogen) atoms. The van der Waals surface area contributed by atoms with Crippen LogP contribution in [-0.4, -0.2) is 42.6 Å². The number of aromatic amines is 1. The van der Waals surface area contributed by atoms with E-state index in [2.05, 4.69) is 43.1 Å². The van der Waals surface area contributed by atoms with Gasteiger partial charge in [-0.25, -0.2) is 9.97 Å². The number of aryl methyl sites for hydroxylation is 1. The Bertz CT molecular complexity index is 1010. The van der Waals surface area contributed by atoms with Crippen LogP contribution in [0.1, 0.15) is 30.3 Å². The lowest BCUT2D eigenvalue weighted by atomic mass is 9.97. The molecule has 0 spiro atoms. The highest BCUT2D eigenvalue weighted by atomic mass is 15.4. The highest BCUT2D eigenvalue weighted by molar-refractivity contribution is 5.74. The third kappa shape index (κ3) is 2.43. The first-order valence-electron chi connectivity index (χ1n) is 8.65. The van der Waals surface area contributed by atoms with Crippen LogP contribution in [0.4, 0.5) is 5.82 Å². The molecular weight excluding hydrogens is 314 g/mol. The third-order valence-electron chi connectivity index (χ3n) is 4.90. The molecule has 1 aromatic carbocycles. The molecule has 1 aliphatic rings. The highest BCUT2D eigenvalue weighted by Crippen LogP contribution is 2.29. The molecule has 126 valence electrons. The van der Waals surface area contributed by atoms with Crippen LogP contribution in [0.25, 0.3) is 16.8 Å². The van der Waals surface area contributed by atoms with Crippen molar-refractivity contribution in [1.82, 2.24) is 29.5 Å². The zero-order valence-corrected chi connectivity index (χ0v) is 14.1. The number of nitrogens with one attached hydrogen (secondary N) is 1. The van der Waals surface area contributed by atoms with E-state index >= 15 is 0 Å². The Labute approximate surface area is 144 Å². The van der Waals surface area contributed by atoms with Gasteiger partial charge in [0.1, 0.15) is 18.0 Å². The van der Waals surface area contributed by atoms with E-state index in [0.717, 1.165) is 54.3 Å². The Kier molecular flexibility index (Phi) is 3.19. The minimum absolute atomic E-state index is 0.383. The quantitative estimate of drug-likeness (QED) is 0.610. The predicted molar refractivity (Wildman–Crippen MR) is 95.8 cm³/mol. The van der Waals surface area contributed by atoms with Gasteiger partial charge in [-0.2, -0.15) is 14.6 Å². The molecule has 1 fully saturated rings. The minimum atomic E-state index is 0.383. The maximum absolute atomic E-state index is 4.81. The number of para-hydroxylation sites is 2. The van der Waals surface area contributed by atoms with Gasteiger partial charge in [-0.15, -0.1) is 0 Å². The van der Waals surface area contributed by atoms with E-state index in [0.29, 0.717) is 11.7 Å². The van der Waals surface area contributed by atoms with Gasteiger partial charge >= 0.3 is 0 Å². The van der Waals surface area contributed by atoms with Crippen molar-refractivity contribution in [2.24, 2.45) is 0 Å². The second kappa shape index (κ2) is 5.54. The van der Waals surface area contributed by atoms with Crippen LogP contribution < -0.4 is 4.90 Å². The third-order valence-corrected chi connectivity index (χ3v) is 4.90. The molecule has 1 unspecified atom stereocenters. The lowest BCUT2D eigenvalue weighted by Gasteiger charge is -2.33. The van der Waals surface area contributed by atoms with Crippen molar-refractivity contribution >= 4 is 22.6 Å². The average molecular weight is 333 g/mol. The van der Waals surface area contributed by atoms with Crippen LogP contribution in [0, 0.1) is 6.92 Å². The van der Waals surface area contributed by atoms with Crippen molar-refractivity contribution in [3.8, 4) is 0 Å². The SMILES string of the molecule is Cc1cc(N2CCCC(c3nc4ccccc4[nH]3)C2)n2ncnc2n1. The molecule has 4 heterocycles. The summed E-state index contributed by atoms with van der Waals surface area (Å²) in [7, 11) is 0. The number of hydrogen-bond acceptors (Lipinski definition) is 5. The zero-order valence-electron chi connectivity index (χ0n) is 14.1. The van der Waals surface area contributed by atoms with Gasteiger partial charge in [-0.05, 0) is 31.9 Å². The van der Waals surface area contributed by atoms with E-state index in [1.807, 2.05) is 23.6 Å². The van der Waals surface area contributed by atoms with Gasteiger partial charge < -0.3 is 9.88 Å². The van der Waals surface area contributed by atoms with Gasteiger partial charge in [0, 0.05) is 30.8 Å². The van der Waals surface area contributed by atoms with E-state index in [4.69, 9.17) is 4.98 Å². The first kappa shape index (κ1) is 14.4. The highest BCUT2D eigenvalue weighted by Gasteiger charge is 2.26. The number of anilines is 1. The molecule has 0 amide bonds. The summed E-state index contributed by atoms with van der Waals surface area (Å²) in [6, 6.07) is 10.3. The number of imidazole rings is 1. The number of H-pyrrole nitrogens is 1. The number of rotatable bonds is 2. The summed E-state index contributed by atoms with van der Waals surface area (Å²) >= 11 is 0. The summed E-state index contributed by atoms with van der Waals surface area (Å²) < 4.78 is 1.83. The summed E-state index contributed by atoms with van der Waals surface area (Å²) in [5, 5.41) is 4.35. The van der Waals surface area contributed by atoms with Crippen LogP contribution in [-0.2, 0) is 0 Å². The predicted octanol–water partition coefficient (Wildman–Crippen LogP) is 2.69. The van der Waals surface area contributed by atoms with E-state index < -0.39 is 0 Å². The molecule has 0 bridgehead atoms. The smallest absolute Gasteiger partial charge is 0.254 e. The van der Waals surface area contributed by atoms with Crippen LogP contribution in [0.5, 0.6) is 0 Å². The van der Waals surface area contributed by atoms with Crippen molar-refractivity contribution in [2.75, 3.05) is 18.0 Å². The van der Waals surface area contributed by atoms with Gasteiger partial charge in [0.25, 0.3) is 5.78 Å². The molecule has 0 saturated carbocycles. The Balaban J connectivity index is 1.50. The number of nitrogens with zero attached hydrogens (tertiary/aromatic N) is 6. The summed E-state index contributed by atoms with van der Waals surface area (Å²) in [5.74, 6) is 3.17. The fraction of sp³-hybridized carbons (Fsp3) is 0.333. The van der Waals surface area contributed by atoms with Crippen LogP contribution >= 0.6 is 0 Å². The molecule has 1 aliphatic heterocycles. The van der Waals surface area contributed by atoms with Crippen LogP contribution in [0.15, 0.2) is 36.7 Å². The van der Waals surface area contributed by atoms with Gasteiger partial charge in [-0.3, -0.25) is 0 Å². The largest absolute Gasteiger partial charge is 0.356 e. The van der Waals surface area contributed by atoms with Gasteiger partial charge in [0.2, 0.25) is 0 Å². The lowest BCUT2D eigenvalue weighted by Crippen LogP contribution is -2.36. The molecule has 1 atom stereocenters. The maximum atomic E-state index is 4.81. The Morgan fingerprint density at radius 3 is 3.04 bits per heavy atom. The van der Waals surface area contributed by atoms with Gasteiger partial charge in [0.15, 0.2) is 0 Å². The monoisotopic (exact) mass is 333 g/mol. The summed E-state index contributed by atoms with van der Waals surface area (Å²) in [4.78, 5) is 19.4. The van der Waals surface area contributed by atoms with Gasteiger partial charge in [-0.1, -0.05) is 12.1 Å². The number of aromatic nitrogens is 6. The fourth-order valence-corrected chi connectivity index (χ4v) is 3.71. The molecular formula is C18H19N7. The number of benzene rings is 1. The Hall–Kier alpha value is -2.96. The van der Waals surface area contributed by atoms with E-state index in [1.165, 1.54) is 0 Å². The standard InChI is InChI=1S/C18H19N7/c1-12-9-16(25-18(21-12)19-11-20-25)24-8-4-5-13(10-24)17-22-14-6-2-3-7-15(14)23-17/h2-3,6-7,9,11,13H,4-5,8,10H2,1H3,(H,22,23). The Morgan fingerprint density at radius 2 is 2.12 bits per heavy atom. The summed E-state index contributed by atoms with van der Waals surface area (Å²) in [6.45, 7) is 3.92. The number of fused-ring (bicyclic) bond motifs is 2. The average Bonchev–Trinajstić information content (AvgIpc) is 3.27. The molecule has 5 rings (SSSR count). The molecule has 0 radical (unpaired) electrons. The zero-order chi connectivity index (χ0) is 16.8. The first-order valence-corrected chi connectivity index (χ1v) is 8.65. The second-order valence-corrected chi connectivity index (χ2v) is 6.65. The van der Waals surface area contributed by atoms with Crippen molar-refractivity contribution in [3.05, 3.63) is 48.2 Å². The van der Waals surface area contributed by atoms with Crippen molar-refractivity contribution in [2.45, 2.75) is 25.7 Å². The van der Waals surface area contributed by atoms with E-state index in [-0.39, 0.29) is 0 Å². The van der Waals surface area contributed by atoms with Crippen LogP contribution in [0.3, 0.4) is 0 Å². The second-order valence-electron chi connectivity index (χ2n) is 6.65. The minimum Gasteiger partial charge on any atom is -0.356 e. The Morgan fingerprint density at radius 1 is 1.20 bits per heavy atom. The van der Waals surface area contributed by atoms with Gasteiger partial charge in [0.05, 0.1) is 11.0 Å². The maximum Gasteiger partial charge on any atom is 0.254 e. The normalized spacial score (nSPS) is 18.3.